The number of carbonyl (C=O) groups is 1. The van der Waals surface area contributed by atoms with Crippen LogP contribution in [0.4, 0.5) is 0 Å². The van der Waals surface area contributed by atoms with Crippen LogP contribution in [0, 0.1) is 0 Å². The van der Waals surface area contributed by atoms with Crippen molar-refractivity contribution in [2.45, 2.75) is 46.0 Å². The smallest absolute Gasteiger partial charge is 0.370 e. The summed E-state index contributed by atoms with van der Waals surface area (Å²) in [6.07, 6.45) is 4.83. The molecule has 2 aromatic heterocycles. The van der Waals surface area contributed by atoms with Gasteiger partial charge < -0.3 is 13.6 Å². The Kier molecular flexibility index (Phi) is 5.84. The largest absolute Gasteiger partial charge is 0.461 e. The number of carbonyl (C=O) groups excluding carboxylic acids is 1. The highest BCUT2D eigenvalue weighted by molar-refractivity contribution is 6.12. The molecule has 2 aromatic carbocycles. The Bertz CT molecular complexity index is 1400. The number of hydrogen-bond donors (Lipinski definition) is 0. The Morgan fingerprint density at radius 1 is 0.935 bits per heavy atom. The van der Waals surface area contributed by atoms with Crippen molar-refractivity contribution in [2.24, 2.45) is 0 Å². The lowest BCUT2D eigenvalue weighted by Gasteiger charge is -2.10. The summed E-state index contributed by atoms with van der Waals surface area (Å²) < 4.78 is 16.0. The molecular weight excluding hydrogens is 398 g/mol. The standard InChI is InChI=1S/C24H23NO6/c1-3-5-6-7-10-14-13-17-15-11-8-9-12-16(15)22(26)31-21(17)18-20(14)30-24(28)19(25-18)23(27)29-4-2/h8-9,11-13H,3-7,10H2,1-2H3. The molecule has 4 rings (SSSR count). The summed E-state index contributed by atoms with van der Waals surface area (Å²) in [5.41, 5.74) is -0.472. The second-order valence-corrected chi connectivity index (χ2v) is 7.41. The topological polar surface area (TPSA) is 99.6 Å². The van der Waals surface area contributed by atoms with Gasteiger partial charge in [-0.2, -0.15) is 0 Å². The van der Waals surface area contributed by atoms with Gasteiger partial charge in [-0.3, -0.25) is 0 Å². The van der Waals surface area contributed by atoms with Crippen LogP contribution in [0.5, 0.6) is 0 Å². The molecule has 0 N–H and O–H groups in total. The molecule has 0 bridgehead atoms. The lowest BCUT2D eigenvalue weighted by molar-refractivity contribution is 0.0514. The molecule has 0 saturated heterocycles. The summed E-state index contributed by atoms with van der Waals surface area (Å²) in [6.45, 7) is 3.87. The molecule has 0 atom stereocenters. The molecule has 0 amide bonds. The lowest BCUT2D eigenvalue weighted by atomic mass is 10.00. The first-order valence-electron chi connectivity index (χ1n) is 10.5. The Balaban J connectivity index is 2.05. The van der Waals surface area contributed by atoms with E-state index in [-0.39, 0.29) is 23.3 Å². The van der Waals surface area contributed by atoms with Crippen LogP contribution in [0.3, 0.4) is 0 Å². The lowest BCUT2D eigenvalue weighted by Crippen LogP contribution is -2.19. The number of esters is 1. The van der Waals surface area contributed by atoms with Crippen molar-refractivity contribution in [1.29, 1.82) is 0 Å². The summed E-state index contributed by atoms with van der Waals surface area (Å²) in [5, 5.41) is 1.86. The van der Waals surface area contributed by atoms with Crippen molar-refractivity contribution in [3.05, 3.63) is 62.4 Å². The zero-order valence-electron chi connectivity index (χ0n) is 17.5. The molecule has 7 heteroatoms. The van der Waals surface area contributed by atoms with E-state index in [4.69, 9.17) is 13.6 Å². The van der Waals surface area contributed by atoms with Crippen molar-refractivity contribution < 1.29 is 18.4 Å². The predicted octanol–water partition coefficient (Wildman–Crippen LogP) is 4.75. The highest BCUT2D eigenvalue weighted by atomic mass is 16.5. The van der Waals surface area contributed by atoms with Crippen molar-refractivity contribution in [3.63, 3.8) is 0 Å². The van der Waals surface area contributed by atoms with Gasteiger partial charge in [-0.15, -0.1) is 0 Å². The zero-order chi connectivity index (χ0) is 22.0. The van der Waals surface area contributed by atoms with E-state index in [1.165, 1.54) is 0 Å². The maximum atomic E-state index is 12.6. The number of unbranched alkanes of at least 4 members (excludes halogenated alkanes) is 3. The van der Waals surface area contributed by atoms with Crippen LogP contribution in [0.25, 0.3) is 32.8 Å². The number of rotatable bonds is 7. The Labute approximate surface area is 177 Å². The Morgan fingerprint density at radius 2 is 1.68 bits per heavy atom. The molecule has 0 saturated carbocycles. The number of aryl methyl sites for hydroxylation is 1. The van der Waals surface area contributed by atoms with Crippen molar-refractivity contribution in [3.8, 4) is 0 Å². The average molecular weight is 421 g/mol. The molecule has 0 unspecified atom stereocenters. The first-order valence-corrected chi connectivity index (χ1v) is 10.5. The number of fused-ring (bicyclic) bond motifs is 5. The van der Waals surface area contributed by atoms with Gasteiger partial charge in [-0.1, -0.05) is 44.4 Å². The van der Waals surface area contributed by atoms with E-state index in [0.717, 1.165) is 36.6 Å². The highest BCUT2D eigenvalue weighted by Gasteiger charge is 2.22. The van der Waals surface area contributed by atoms with Gasteiger partial charge in [0, 0.05) is 10.8 Å². The fraction of sp³-hybridized carbons (Fsp3) is 0.333. The quantitative estimate of drug-likeness (QED) is 0.184. The van der Waals surface area contributed by atoms with Gasteiger partial charge >= 0.3 is 17.2 Å². The molecule has 0 aliphatic carbocycles. The first-order chi connectivity index (χ1) is 15.0. The van der Waals surface area contributed by atoms with Crippen molar-refractivity contribution >= 4 is 38.8 Å². The van der Waals surface area contributed by atoms with Gasteiger partial charge in [-0.25, -0.2) is 19.4 Å². The number of aromatic nitrogens is 1. The normalized spacial score (nSPS) is 11.4. The molecule has 4 aromatic rings. The van der Waals surface area contributed by atoms with Crippen LogP contribution < -0.4 is 11.3 Å². The van der Waals surface area contributed by atoms with Crippen molar-refractivity contribution in [2.75, 3.05) is 6.61 Å². The highest BCUT2D eigenvalue weighted by Crippen LogP contribution is 2.31. The van der Waals surface area contributed by atoms with Gasteiger partial charge in [0.15, 0.2) is 16.7 Å². The summed E-state index contributed by atoms with van der Waals surface area (Å²) in [6, 6.07) is 9.05. The van der Waals surface area contributed by atoms with E-state index in [0.29, 0.717) is 17.2 Å². The molecule has 7 nitrogen and oxygen atoms in total. The maximum absolute atomic E-state index is 12.6. The second kappa shape index (κ2) is 8.71. The molecule has 0 aliphatic heterocycles. The summed E-state index contributed by atoms with van der Waals surface area (Å²) in [7, 11) is 0. The molecular formula is C24H23NO6. The third-order valence-corrected chi connectivity index (χ3v) is 5.30. The van der Waals surface area contributed by atoms with E-state index in [1.807, 2.05) is 18.2 Å². The Morgan fingerprint density at radius 3 is 2.42 bits per heavy atom. The van der Waals surface area contributed by atoms with E-state index < -0.39 is 22.9 Å². The molecule has 0 radical (unpaired) electrons. The number of ether oxygens (including phenoxy) is 1. The van der Waals surface area contributed by atoms with Crippen LogP contribution in [0.2, 0.25) is 0 Å². The zero-order valence-corrected chi connectivity index (χ0v) is 17.5. The molecule has 2 heterocycles. The van der Waals surface area contributed by atoms with E-state index >= 15 is 0 Å². The maximum Gasteiger partial charge on any atom is 0.370 e. The fourth-order valence-electron chi connectivity index (χ4n) is 3.81. The van der Waals surface area contributed by atoms with Gasteiger partial charge in [-0.05, 0) is 37.5 Å². The second-order valence-electron chi connectivity index (χ2n) is 7.41. The Hall–Kier alpha value is -3.48. The van der Waals surface area contributed by atoms with Gasteiger partial charge in [0.05, 0.1) is 12.0 Å². The summed E-state index contributed by atoms with van der Waals surface area (Å²) in [4.78, 5) is 41.5. The number of hydrogen-bond acceptors (Lipinski definition) is 7. The number of nitrogens with zero attached hydrogens (tertiary/aromatic N) is 1. The van der Waals surface area contributed by atoms with Gasteiger partial charge in [0.25, 0.3) is 0 Å². The minimum Gasteiger partial charge on any atom is -0.461 e. The summed E-state index contributed by atoms with van der Waals surface area (Å²) >= 11 is 0. The monoisotopic (exact) mass is 421 g/mol. The average Bonchev–Trinajstić information content (AvgIpc) is 2.77. The fourth-order valence-corrected chi connectivity index (χ4v) is 3.81. The van der Waals surface area contributed by atoms with E-state index in [2.05, 4.69) is 11.9 Å². The minimum atomic E-state index is -0.872. The van der Waals surface area contributed by atoms with E-state index in [1.54, 1.807) is 19.1 Å². The third-order valence-electron chi connectivity index (χ3n) is 5.30. The van der Waals surface area contributed by atoms with Crippen LogP contribution in [-0.4, -0.2) is 17.6 Å². The minimum absolute atomic E-state index is 0.0932. The van der Waals surface area contributed by atoms with Gasteiger partial charge in [0.1, 0.15) is 0 Å². The SMILES string of the molecule is CCCCCCc1cc2c3ccccc3c(=O)oc2c2nc(C(=O)OCC)c(=O)oc12. The predicted molar refractivity (Wildman–Crippen MR) is 118 cm³/mol. The van der Waals surface area contributed by atoms with Gasteiger partial charge in [0.2, 0.25) is 5.69 Å². The van der Waals surface area contributed by atoms with Crippen LogP contribution in [0.1, 0.15) is 55.6 Å². The molecule has 31 heavy (non-hydrogen) atoms. The van der Waals surface area contributed by atoms with E-state index in [9.17, 15) is 14.4 Å². The van der Waals surface area contributed by atoms with Crippen LogP contribution >= 0.6 is 0 Å². The molecule has 0 fully saturated rings. The van der Waals surface area contributed by atoms with Crippen LogP contribution in [0.15, 0.2) is 48.8 Å². The molecule has 0 aliphatic rings. The first kappa shape index (κ1) is 20.8. The third kappa shape index (κ3) is 3.83. The molecule has 160 valence electrons. The van der Waals surface area contributed by atoms with Crippen molar-refractivity contribution in [1.82, 2.24) is 4.98 Å². The summed E-state index contributed by atoms with van der Waals surface area (Å²) in [5.74, 6) is -0.872. The number of benzene rings is 2. The molecule has 0 spiro atoms. The van der Waals surface area contributed by atoms with Crippen LogP contribution in [-0.2, 0) is 11.2 Å².